The van der Waals surface area contributed by atoms with Crippen LogP contribution in [0.5, 0.6) is 0 Å². The molecule has 0 spiro atoms. The van der Waals surface area contributed by atoms with Gasteiger partial charge in [-0.3, -0.25) is 0 Å². The van der Waals surface area contributed by atoms with E-state index in [4.69, 9.17) is 9.47 Å². The maximum absolute atomic E-state index is 5.17. The molecule has 13 heavy (non-hydrogen) atoms. The van der Waals surface area contributed by atoms with E-state index in [2.05, 4.69) is 31.2 Å². The molecular formula is C10H16O2Si. The van der Waals surface area contributed by atoms with Crippen LogP contribution in [0.4, 0.5) is 0 Å². The first kappa shape index (κ1) is 10.4. The summed E-state index contributed by atoms with van der Waals surface area (Å²) >= 11 is 0. The first-order valence-corrected chi connectivity index (χ1v) is 5.89. The van der Waals surface area contributed by atoms with Crippen LogP contribution < -0.4 is 5.19 Å². The van der Waals surface area contributed by atoms with E-state index in [9.17, 15) is 0 Å². The van der Waals surface area contributed by atoms with Crippen LogP contribution in [0.15, 0.2) is 24.3 Å². The number of ether oxygens (including phenoxy) is 2. The van der Waals surface area contributed by atoms with Crippen molar-refractivity contribution in [3.8, 4) is 0 Å². The van der Waals surface area contributed by atoms with Gasteiger partial charge in [-0.25, -0.2) is 0 Å². The molecule has 0 amide bonds. The van der Waals surface area contributed by atoms with E-state index in [1.54, 1.807) is 14.2 Å². The molecule has 0 aliphatic heterocycles. The third-order valence-corrected chi connectivity index (χ3v) is 3.99. The van der Waals surface area contributed by atoms with Crippen LogP contribution in [0.2, 0.25) is 0 Å². The third-order valence-electron chi connectivity index (χ3n) is 2.05. The number of aryl methyl sites for hydroxylation is 1. The summed E-state index contributed by atoms with van der Waals surface area (Å²) < 4.78 is 10.3. The molecule has 0 atom stereocenters. The Morgan fingerprint density at radius 2 is 1.62 bits per heavy atom. The van der Waals surface area contributed by atoms with Gasteiger partial charge in [-0.2, -0.15) is 0 Å². The molecule has 0 saturated carbocycles. The van der Waals surface area contributed by atoms with Crippen LogP contribution >= 0.6 is 0 Å². The lowest BCUT2D eigenvalue weighted by molar-refractivity contribution is -0.0429. The Labute approximate surface area is 81.7 Å². The largest absolute Gasteiger partial charge is 0.360 e. The third kappa shape index (κ3) is 3.30. The minimum absolute atomic E-state index is 0.00251. The van der Waals surface area contributed by atoms with Gasteiger partial charge < -0.3 is 9.47 Å². The second-order valence-electron chi connectivity index (χ2n) is 3.09. The minimum atomic E-state index is -0.458. The van der Waals surface area contributed by atoms with Crippen molar-refractivity contribution in [2.75, 3.05) is 14.2 Å². The lowest BCUT2D eigenvalue weighted by Crippen LogP contribution is -2.30. The number of hydrogen-bond donors (Lipinski definition) is 0. The smallest absolute Gasteiger partial charge is 0.139 e. The first-order chi connectivity index (χ1) is 6.26. The van der Waals surface area contributed by atoms with Gasteiger partial charge in [0.1, 0.15) is 15.4 Å². The quantitative estimate of drug-likeness (QED) is 0.511. The van der Waals surface area contributed by atoms with E-state index in [0.717, 1.165) is 0 Å². The van der Waals surface area contributed by atoms with Crippen molar-refractivity contribution >= 4 is 14.7 Å². The summed E-state index contributed by atoms with van der Waals surface area (Å²) in [6.07, 6.45) is 0. The molecule has 2 nitrogen and oxygen atoms in total. The monoisotopic (exact) mass is 196 g/mol. The standard InChI is InChI=1S/C10H16O2Si/c1-8-4-6-9(7-5-8)13-10(11-2)12-3/h4-7,10H,13H2,1-3H3. The van der Waals surface area contributed by atoms with Gasteiger partial charge >= 0.3 is 0 Å². The maximum Gasteiger partial charge on any atom is 0.139 e. The van der Waals surface area contributed by atoms with Crippen molar-refractivity contribution in [1.82, 2.24) is 0 Å². The van der Waals surface area contributed by atoms with Crippen LogP contribution in [0.3, 0.4) is 0 Å². The summed E-state index contributed by atoms with van der Waals surface area (Å²) in [5.41, 5.74) is 1.30. The molecule has 1 aromatic carbocycles. The van der Waals surface area contributed by atoms with Crippen molar-refractivity contribution in [1.29, 1.82) is 0 Å². The topological polar surface area (TPSA) is 18.5 Å². The van der Waals surface area contributed by atoms with E-state index in [0.29, 0.717) is 0 Å². The zero-order valence-electron chi connectivity index (χ0n) is 8.41. The lowest BCUT2D eigenvalue weighted by Gasteiger charge is -2.12. The van der Waals surface area contributed by atoms with Gasteiger partial charge in [0.15, 0.2) is 0 Å². The zero-order chi connectivity index (χ0) is 9.68. The summed E-state index contributed by atoms with van der Waals surface area (Å²) in [5.74, 6) is 0.00251. The molecule has 0 aliphatic rings. The Morgan fingerprint density at radius 1 is 1.08 bits per heavy atom. The number of hydrogen-bond acceptors (Lipinski definition) is 2. The number of methoxy groups -OCH3 is 2. The normalized spacial score (nSPS) is 11.7. The Hall–Kier alpha value is -0.643. The Bertz CT molecular complexity index is 242. The summed E-state index contributed by atoms with van der Waals surface area (Å²) in [6, 6.07) is 8.58. The van der Waals surface area contributed by atoms with Crippen LogP contribution in [0.1, 0.15) is 5.56 Å². The fourth-order valence-corrected chi connectivity index (χ4v) is 2.41. The van der Waals surface area contributed by atoms with Crippen LogP contribution in [0.25, 0.3) is 0 Å². The van der Waals surface area contributed by atoms with E-state index in [1.807, 2.05) is 0 Å². The van der Waals surface area contributed by atoms with E-state index < -0.39 is 9.52 Å². The zero-order valence-corrected chi connectivity index (χ0v) is 9.82. The molecule has 1 aromatic rings. The number of rotatable bonds is 4. The second kappa shape index (κ2) is 5.17. The van der Waals surface area contributed by atoms with Crippen molar-refractivity contribution in [2.45, 2.75) is 12.8 Å². The molecule has 0 unspecified atom stereocenters. The van der Waals surface area contributed by atoms with Gasteiger partial charge in [-0.1, -0.05) is 35.0 Å². The minimum Gasteiger partial charge on any atom is -0.360 e. The predicted octanol–water partition coefficient (Wildman–Crippen LogP) is 0.366. The highest BCUT2D eigenvalue weighted by atomic mass is 28.2. The summed E-state index contributed by atoms with van der Waals surface area (Å²) in [6.45, 7) is 2.09. The fourth-order valence-electron chi connectivity index (χ4n) is 1.18. The van der Waals surface area contributed by atoms with Gasteiger partial charge in [0.2, 0.25) is 0 Å². The average molecular weight is 196 g/mol. The average Bonchev–Trinajstić information content (AvgIpc) is 2.17. The van der Waals surface area contributed by atoms with Gasteiger partial charge in [-0.15, -0.1) is 0 Å². The molecule has 0 aromatic heterocycles. The van der Waals surface area contributed by atoms with E-state index >= 15 is 0 Å². The molecule has 72 valence electrons. The Kier molecular flexibility index (Phi) is 4.15. The Morgan fingerprint density at radius 3 is 2.08 bits per heavy atom. The highest BCUT2D eigenvalue weighted by Gasteiger charge is 2.06. The molecule has 0 radical (unpaired) electrons. The van der Waals surface area contributed by atoms with Gasteiger partial charge in [0.25, 0.3) is 0 Å². The van der Waals surface area contributed by atoms with E-state index in [-0.39, 0.29) is 5.91 Å². The molecule has 0 aliphatic carbocycles. The summed E-state index contributed by atoms with van der Waals surface area (Å²) in [4.78, 5) is 0. The van der Waals surface area contributed by atoms with Gasteiger partial charge in [0, 0.05) is 14.2 Å². The van der Waals surface area contributed by atoms with Crippen LogP contribution in [0, 0.1) is 6.92 Å². The molecule has 0 saturated heterocycles. The Balaban J connectivity index is 2.58. The molecule has 0 bridgehead atoms. The summed E-state index contributed by atoms with van der Waals surface area (Å²) in [7, 11) is 2.92. The molecular weight excluding hydrogens is 180 g/mol. The van der Waals surface area contributed by atoms with Crippen molar-refractivity contribution < 1.29 is 9.47 Å². The van der Waals surface area contributed by atoms with Crippen LogP contribution in [-0.4, -0.2) is 29.7 Å². The SMILES string of the molecule is COC(OC)[SiH2]c1ccc(C)cc1. The van der Waals surface area contributed by atoms with E-state index in [1.165, 1.54) is 10.8 Å². The predicted molar refractivity (Wildman–Crippen MR) is 57.2 cm³/mol. The van der Waals surface area contributed by atoms with Crippen molar-refractivity contribution in [3.63, 3.8) is 0 Å². The second-order valence-corrected chi connectivity index (χ2v) is 4.98. The molecule has 3 heteroatoms. The summed E-state index contributed by atoms with van der Waals surface area (Å²) in [5, 5.41) is 1.37. The van der Waals surface area contributed by atoms with Crippen molar-refractivity contribution in [3.05, 3.63) is 29.8 Å². The molecule has 0 heterocycles. The molecule has 1 rings (SSSR count). The molecule has 0 fully saturated rings. The first-order valence-electron chi connectivity index (χ1n) is 4.37. The lowest BCUT2D eigenvalue weighted by atomic mass is 10.2. The molecule has 0 N–H and O–H groups in total. The maximum atomic E-state index is 5.17. The van der Waals surface area contributed by atoms with Gasteiger partial charge in [0.05, 0.1) is 0 Å². The fraction of sp³-hybridized carbons (Fsp3) is 0.400. The van der Waals surface area contributed by atoms with Gasteiger partial charge in [-0.05, 0) is 6.92 Å². The highest BCUT2D eigenvalue weighted by Crippen LogP contribution is 1.94. The number of benzene rings is 1. The van der Waals surface area contributed by atoms with Crippen LogP contribution in [-0.2, 0) is 9.47 Å². The van der Waals surface area contributed by atoms with Crippen molar-refractivity contribution in [2.24, 2.45) is 0 Å². The highest BCUT2D eigenvalue weighted by molar-refractivity contribution is 6.54.